The van der Waals surface area contributed by atoms with Gasteiger partial charge < -0.3 is 36.3 Å². The van der Waals surface area contributed by atoms with E-state index >= 15 is 17.3 Å². The Morgan fingerprint density at radius 1 is 0.349 bits per heavy atom. The van der Waals surface area contributed by atoms with Crippen LogP contribution in [-0.2, 0) is 35.8 Å². The Morgan fingerprint density at radius 3 is 0.721 bits per heavy atom. The Morgan fingerprint density at radius 2 is 0.535 bits per heavy atom. The fourth-order valence-electron chi connectivity index (χ4n) is 3.81. The quantitative estimate of drug-likeness (QED) is 0.192. The van der Waals surface area contributed by atoms with Crippen molar-refractivity contribution in [3.63, 3.8) is 0 Å². The SMILES string of the molecule is F[B-]1(F)O/N=C(c2ccccc2)\C(c2ccccc2)=N\O[B-](F)(F)O/N=C(c2ccccc2)\C(c2ccccc2)=N\O1.[Co+2]. The van der Waals surface area contributed by atoms with Gasteiger partial charge in [-0.1, -0.05) is 121 Å². The van der Waals surface area contributed by atoms with Crippen LogP contribution < -0.4 is 0 Å². The molecule has 1 aliphatic heterocycles. The standard InChI is InChI=1S/C28H20B2F4N4O4.Co/c31-29(32)39-35-25(21-13-5-1-6-14-21)26(22-15-7-2-8-16-22)36-40-30(33,34)42-38-28(24-19-11-4-12-20-24)27(37-41-29)23-17-9-3-10-18-23;/h1-20H;/q-2;+2/b35-25-,36-26+,37-27+,38-28-;. The van der Waals surface area contributed by atoms with Gasteiger partial charge in [-0.2, -0.15) is 0 Å². The molecule has 0 N–H and O–H groups in total. The molecule has 0 atom stereocenters. The van der Waals surface area contributed by atoms with Gasteiger partial charge in [0.1, 0.15) is 22.8 Å². The van der Waals surface area contributed by atoms with Crippen molar-refractivity contribution in [2.45, 2.75) is 0 Å². The topological polar surface area (TPSA) is 86.4 Å². The third-order valence-electron chi connectivity index (χ3n) is 5.70. The summed E-state index contributed by atoms with van der Waals surface area (Å²) in [6.45, 7) is 0. The molecule has 4 aromatic carbocycles. The van der Waals surface area contributed by atoms with Gasteiger partial charge in [0.2, 0.25) is 0 Å². The summed E-state index contributed by atoms with van der Waals surface area (Å²) in [6.07, 6.45) is 0. The summed E-state index contributed by atoms with van der Waals surface area (Å²) >= 11 is 0. The van der Waals surface area contributed by atoms with Crippen molar-refractivity contribution in [3.05, 3.63) is 144 Å². The van der Waals surface area contributed by atoms with Gasteiger partial charge in [0.15, 0.2) is 0 Å². The van der Waals surface area contributed by atoms with E-state index in [-0.39, 0.29) is 61.9 Å². The summed E-state index contributed by atoms with van der Waals surface area (Å²) < 4.78 is 78.6. The minimum Gasteiger partial charge on any atom is -0.519 e. The molecule has 43 heavy (non-hydrogen) atoms. The van der Waals surface area contributed by atoms with Gasteiger partial charge in [0.25, 0.3) is 0 Å². The molecule has 1 heterocycles. The van der Waals surface area contributed by atoms with E-state index in [4.69, 9.17) is 0 Å². The van der Waals surface area contributed by atoms with Crippen LogP contribution in [0.5, 0.6) is 0 Å². The van der Waals surface area contributed by atoms with Crippen LogP contribution >= 0.6 is 0 Å². The summed E-state index contributed by atoms with van der Waals surface area (Å²) in [4.78, 5) is 0. The van der Waals surface area contributed by atoms with Crippen molar-refractivity contribution in [2.24, 2.45) is 20.6 Å². The molecule has 0 saturated heterocycles. The second-order valence-electron chi connectivity index (χ2n) is 8.72. The van der Waals surface area contributed by atoms with Crippen LogP contribution in [0.15, 0.2) is 142 Å². The largest absolute Gasteiger partial charge is 2.00 e. The van der Waals surface area contributed by atoms with Crippen molar-refractivity contribution in [1.82, 2.24) is 0 Å². The molecule has 0 fully saturated rings. The summed E-state index contributed by atoms with van der Waals surface area (Å²) in [7, 11) is -10.4. The Labute approximate surface area is 254 Å². The van der Waals surface area contributed by atoms with Crippen LogP contribution in [0.3, 0.4) is 0 Å². The molecule has 0 aliphatic carbocycles. The minimum atomic E-state index is -5.20. The molecular formula is C28H20B2CoF4N4O4. The van der Waals surface area contributed by atoms with Gasteiger partial charge in [0, 0.05) is 22.3 Å². The van der Waals surface area contributed by atoms with Crippen molar-refractivity contribution in [1.29, 1.82) is 0 Å². The first-order chi connectivity index (χ1) is 20.3. The Hall–Kier alpha value is -4.88. The average molecular weight is 633 g/mol. The Kier molecular flexibility index (Phi) is 10.0. The van der Waals surface area contributed by atoms with Gasteiger partial charge in [-0.3, -0.25) is 0 Å². The van der Waals surface area contributed by atoms with Crippen LogP contribution in [0.4, 0.5) is 17.3 Å². The van der Waals surface area contributed by atoms with Crippen LogP contribution in [-0.4, -0.2) is 37.1 Å². The second kappa shape index (κ2) is 13.9. The summed E-state index contributed by atoms with van der Waals surface area (Å²) in [5, 5.41) is 14.4. The van der Waals surface area contributed by atoms with Gasteiger partial charge in [-0.15, -0.1) is 20.6 Å². The van der Waals surface area contributed by atoms with Crippen LogP contribution in [0, 0.1) is 0 Å². The third kappa shape index (κ3) is 8.11. The average Bonchev–Trinajstić information content (AvgIpc) is 3.01. The molecule has 219 valence electrons. The molecule has 0 saturated carbocycles. The van der Waals surface area contributed by atoms with E-state index in [0.717, 1.165) is 0 Å². The molecule has 0 bridgehead atoms. The maximum absolute atomic E-state index is 15.1. The summed E-state index contributed by atoms with van der Waals surface area (Å²) in [6, 6.07) is 31.3. The van der Waals surface area contributed by atoms with E-state index in [1.54, 1.807) is 72.8 Å². The van der Waals surface area contributed by atoms with Crippen LogP contribution in [0.1, 0.15) is 22.3 Å². The molecule has 0 spiro atoms. The van der Waals surface area contributed by atoms with E-state index < -0.39 is 14.2 Å². The van der Waals surface area contributed by atoms with E-state index in [2.05, 4.69) is 39.6 Å². The number of nitrogens with zero attached hydrogens (tertiary/aromatic N) is 4. The van der Waals surface area contributed by atoms with E-state index in [1.807, 2.05) is 0 Å². The fourth-order valence-corrected chi connectivity index (χ4v) is 3.81. The van der Waals surface area contributed by atoms with Crippen LogP contribution in [0.2, 0.25) is 0 Å². The van der Waals surface area contributed by atoms with E-state index in [0.29, 0.717) is 0 Å². The molecule has 1 radical (unpaired) electrons. The first kappa shape index (κ1) is 31.1. The predicted molar refractivity (Wildman–Crippen MR) is 152 cm³/mol. The first-order valence-corrected chi connectivity index (χ1v) is 12.6. The second-order valence-corrected chi connectivity index (χ2v) is 8.72. The Balaban J connectivity index is 0.00000423. The van der Waals surface area contributed by atoms with Gasteiger partial charge in [0.05, 0.1) is 0 Å². The zero-order valence-corrected chi connectivity index (χ0v) is 23.0. The minimum absolute atomic E-state index is 0. The molecule has 4 aromatic rings. The van der Waals surface area contributed by atoms with Crippen molar-refractivity contribution in [2.75, 3.05) is 0 Å². The van der Waals surface area contributed by atoms with E-state index in [9.17, 15) is 0 Å². The Bertz CT molecular complexity index is 1390. The monoisotopic (exact) mass is 633 g/mol. The molecular weight excluding hydrogens is 613 g/mol. The van der Waals surface area contributed by atoms with Gasteiger partial charge >= 0.3 is 31.0 Å². The maximum Gasteiger partial charge on any atom is 2.00 e. The molecule has 15 heteroatoms. The predicted octanol–water partition coefficient (Wildman–Crippen LogP) is 6.43. The first-order valence-electron chi connectivity index (χ1n) is 12.6. The number of benzene rings is 4. The molecule has 8 nitrogen and oxygen atoms in total. The zero-order chi connectivity index (χ0) is 29.4. The number of hydrogen-bond donors (Lipinski definition) is 0. The molecule has 0 amide bonds. The molecule has 0 aromatic heterocycles. The van der Waals surface area contributed by atoms with Crippen LogP contribution in [0.25, 0.3) is 0 Å². The molecule has 0 unspecified atom stereocenters. The van der Waals surface area contributed by atoms with Gasteiger partial charge in [-0.25, -0.2) is 0 Å². The number of rotatable bonds is 4. The van der Waals surface area contributed by atoms with Crippen molar-refractivity contribution >= 4 is 37.1 Å². The fraction of sp³-hybridized carbons (Fsp3) is 0. The van der Waals surface area contributed by atoms with Crippen molar-refractivity contribution in [3.8, 4) is 0 Å². The third-order valence-corrected chi connectivity index (χ3v) is 5.70. The summed E-state index contributed by atoms with van der Waals surface area (Å²) in [5.74, 6) is 0. The maximum atomic E-state index is 15.1. The smallest absolute Gasteiger partial charge is 0.519 e. The number of oxime groups is 4. The normalized spacial score (nSPS) is 21.3. The zero-order valence-electron chi connectivity index (χ0n) is 22.0. The number of halogens is 4. The summed E-state index contributed by atoms with van der Waals surface area (Å²) in [5.41, 5.74) is -0.580. The van der Waals surface area contributed by atoms with Gasteiger partial charge in [-0.05, 0) is 0 Å². The van der Waals surface area contributed by atoms with E-state index in [1.165, 1.54) is 48.5 Å². The van der Waals surface area contributed by atoms with Crippen molar-refractivity contribution < 1.29 is 53.1 Å². The molecule has 5 rings (SSSR count). The molecule has 1 aliphatic rings. The number of hydrogen-bond acceptors (Lipinski definition) is 8.